The first kappa shape index (κ1) is 9.42. The first-order valence-corrected chi connectivity index (χ1v) is 5.38. The number of hydrogen-bond acceptors (Lipinski definition) is 2. The van der Waals surface area contributed by atoms with Crippen LogP contribution in [0.25, 0.3) is 10.9 Å². The zero-order valence-electron chi connectivity index (χ0n) is 8.73. The molecule has 1 heterocycles. The van der Waals surface area contributed by atoms with E-state index in [4.69, 9.17) is 5.73 Å². The predicted molar refractivity (Wildman–Crippen MR) is 62.1 cm³/mol. The Labute approximate surface area is 92.8 Å². The number of amides is 1. The molecule has 4 heteroatoms. The topological polar surface area (TPSA) is 70.9 Å². The Balaban J connectivity index is 1.92. The third kappa shape index (κ3) is 1.47. The molecule has 1 aliphatic rings. The number of H-pyrrole nitrogens is 1. The molecule has 1 aromatic heterocycles. The van der Waals surface area contributed by atoms with E-state index in [2.05, 4.69) is 10.3 Å². The van der Waals surface area contributed by atoms with Gasteiger partial charge < -0.3 is 16.0 Å². The third-order valence-electron chi connectivity index (χ3n) is 2.99. The SMILES string of the molecule is NC1CC1NC(=O)c1cccc2cc[nH]c12. The molecule has 0 saturated heterocycles. The van der Waals surface area contributed by atoms with E-state index in [1.54, 1.807) is 0 Å². The fraction of sp³-hybridized carbons (Fsp3) is 0.250. The summed E-state index contributed by atoms with van der Waals surface area (Å²) in [7, 11) is 0. The van der Waals surface area contributed by atoms with Crippen LogP contribution < -0.4 is 11.1 Å². The molecule has 1 amide bonds. The van der Waals surface area contributed by atoms with Gasteiger partial charge in [-0.2, -0.15) is 0 Å². The van der Waals surface area contributed by atoms with Gasteiger partial charge in [0, 0.05) is 23.7 Å². The highest BCUT2D eigenvalue weighted by molar-refractivity contribution is 6.05. The number of para-hydroxylation sites is 1. The quantitative estimate of drug-likeness (QED) is 0.699. The summed E-state index contributed by atoms with van der Waals surface area (Å²) in [4.78, 5) is 15.0. The van der Waals surface area contributed by atoms with Crippen molar-refractivity contribution in [1.29, 1.82) is 0 Å². The van der Waals surface area contributed by atoms with Crippen molar-refractivity contribution in [3.63, 3.8) is 0 Å². The molecule has 16 heavy (non-hydrogen) atoms. The maximum atomic E-state index is 12.0. The van der Waals surface area contributed by atoms with Crippen LogP contribution in [-0.2, 0) is 0 Å². The van der Waals surface area contributed by atoms with Gasteiger partial charge in [0.15, 0.2) is 0 Å². The first-order valence-electron chi connectivity index (χ1n) is 5.38. The number of aromatic amines is 1. The second kappa shape index (κ2) is 3.35. The van der Waals surface area contributed by atoms with E-state index in [0.29, 0.717) is 5.56 Å². The van der Waals surface area contributed by atoms with Crippen LogP contribution in [0.15, 0.2) is 30.5 Å². The lowest BCUT2D eigenvalue weighted by atomic mass is 10.1. The number of hydrogen-bond donors (Lipinski definition) is 3. The molecule has 1 saturated carbocycles. The van der Waals surface area contributed by atoms with E-state index in [1.165, 1.54) is 0 Å². The summed E-state index contributed by atoms with van der Waals surface area (Å²) >= 11 is 0. The van der Waals surface area contributed by atoms with Gasteiger partial charge in [0.2, 0.25) is 0 Å². The van der Waals surface area contributed by atoms with Gasteiger partial charge >= 0.3 is 0 Å². The van der Waals surface area contributed by atoms with Crippen molar-refractivity contribution in [3.05, 3.63) is 36.0 Å². The van der Waals surface area contributed by atoms with Gasteiger partial charge in [0.25, 0.3) is 5.91 Å². The Morgan fingerprint density at radius 3 is 3.00 bits per heavy atom. The minimum Gasteiger partial charge on any atom is -0.361 e. The van der Waals surface area contributed by atoms with Crippen LogP contribution >= 0.6 is 0 Å². The number of carbonyl (C=O) groups is 1. The standard InChI is InChI=1S/C12H13N3O/c13-9-6-10(9)15-12(16)8-3-1-2-7-4-5-14-11(7)8/h1-5,9-10,14H,6,13H2,(H,15,16). The zero-order valence-corrected chi connectivity index (χ0v) is 8.73. The fourth-order valence-electron chi connectivity index (χ4n) is 1.90. The van der Waals surface area contributed by atoms with Gasteiger partial charge in [0.1, 0.15) is 0 Å². The van der Waals surface area contributed by atoms with Crippen molar-refractivity contribution in [2.75, 3.05) is 0 Å². The molecule has 1 aliphatic carbocycles. The van der Waals surface area contributed by atoms with E-state index >= 15 is 0 Å². The van der Waals surface area contributed by atoms with Gasteiger partial charge in [-0.15, -0.1) is 0 Å². The normalized spacial score (nSPS) is 23.3. The number of rotatable bonds is 2. The summed E-state index contributed by atoms with van der Waals surface area (Å²) in [5.74, 6) is -0.0500. The van der Waals surface area contributed by atoms with E-state index in [1.807, 2.05) is 30.5 Å². The molecule has 82 valence electrons. The second-order valence-corrected chi connectivity index (χ2v) is 4.23. The van der Waals surface area contributed by atoms with Crippen molar-refractivity contribution >= 4 is 16.8 Å². The molecule has 2 atom stereocenters. The van der Waals surface area contributed by atoms with Crippen molar-refractivity contribution in [2.45, 2.75) is 18.5 Å². The Hall–Kier alpha value is -1.81. The maximum Gasteiger partial charge on any atom is 0.253 e. The minimum absolute atomic E-state index is 0.0500. The first-order chi connectivity index (χ1) is 7.75. The number of fused-ring (bicyclic) bond motifs is 1. The highest BCUT2D eigenvalue weighted by atomic mass is 16.1. The molecular weight excluding hydrogens is 202 g/mol. The van der Waals surface area contributed by atoms with Crippen molar-refractivity contribution in [1.82, 2.24) is 10.3 Å². The molecule has 1 fully saturated rings. The number of aromatic nitrogens is 1. The molecule has 2 unspecified atom stereocenters. The van der Waals surface area contributed by atoms with Gasteiger partial charge in [-0.25, -0.2) is 0 Å². The lowest BCUT2D eigenvalue weighted by Gasteiger charge is -2.04. The molecule has 1 aromatic carbocycles. The molecule has 2 aromatic rings. The van der Waals surface area contributed by atoms with Crippen LogP contribution in [0.3, 0.4) is 0 Å². The van der Waals surface area contributed by atoms with E-state index in [-0.39, 0.29) is 18.0 Å². The van der Waals surface area contributed by atoms with Crippen molar-refractivity contribution in [2.24, 2.45) is 5.73 Å². The largest absolute Gasteiger partial charge is 0.361 e. The number of carbonyl (C=O) groups excluding carboxylic acids is 1. The van der Waals surface area contributed by atoms with E-state index < -0.39 is 0 Å². The Kier molecular flexibility index (Phi) is 1.97. The van der Waals surface area contributed by atoms with Crippen LogP contribution in [0.4, 0.5) is 0 Å². The van der Waals surface area contributed by atoms with Crippen LogP contribution in [0.5, 0.6) is 0 Å². The van der Waals surface area contributed by atoms with Crippen LogP contribution in [0, 0.1) is 0 Å². The Bertz CT molecular complexity index is 546. The van der Waals surface area contributed by atoms with E-state index in [9.17, 15) is 4.79 Å². The lowest BCUT2D eigenvalue weighted by Crippen LogP contribution is -2.29. The summed E-state index contributed by atoms with van der Waals surface area (Å²) in [6, 6.07) is 7.92. The lowest BCUT2D eigenvalue weighted by molar-refractivity contribution is 0.0952. The van der Waals surface area contributed by atoms with Crippen LogP contribution in [-0.4, -0.2) is 23.0 Å². The molecule has 4 N–H and O–H groups in total. The zero-order chi connectivity index (χ0) is 11.1. The van der Waals surface area contributed by atoms with Gasteiger partial charge in [-0.1, -0.05) is 12.1 Å². The summed E-state index contributed by atoms with van der Waals surface area (Å²) in [6.07, 6.45) is 2.72. The maximum absolute atomic E-state index is 12.0. The molecule has 0 spiro atoms. The number of nitrogens with one attached hydrogen (secondary N) is 2. The predicted octanol–water partition coefficient (Wildman–Crippen LogP) is 0.997. The van der Waals surface area contributed by atoms with Crippen LogP contribution in [0.1, 0.15) is 16.8 Å². The summed E-state index contributed by atoms with van der Waals surface area (Å²) in [5.41, 5.74) is 7.23. The highest BCUT2D eigenvalue weighted by Crippen LogP contribution is 2.21. The van der Waals surface area contributed by atoms with Crippen LogP contribution in [0.2, 0.25) is 0 Å². The molecule has 3 rings (SSSR count). The summed E-state index contributed by atoms with van der Waals surface area (Å²) < 4.78 is 0. The fourth-order valence-corrected chi connectivity index (χ4v) is 1.90. The molecule has 4 nitrogen and oxygen atoms in total. The van der Waals surface area contributed by atoms with Crippen molar-refractivity contribution < 1.29 is 4.79 Å². The van der Waals surface area contributed by atoms with E-state index in [0.717, 1.165) is 17.3 Å². The minimum atomic E-state index is -0.0500. The second-order valence-electron chi connectivity index (χ2n) is 4.23. The Morgan fingerprint density at radius 1 is 1.44 bits per heavy atom. The molecular formula is C12H13N3O. The average molecular weight is 215 g/mol. The average Bonchev–Trinajstić information content (AvgIpc) is 2.81. The summed E-state index contributed by atoms with van der Waals surface area (Å²) in [6.45, 7) is 0. The monoisotopic (exact) mass is 215 g/mol. The number of nitrogens with two attached hydrogens (primary N) is 1. The third-order valence-corrected chi connectivity index (χ3v) is 2.99. The molecule has 0 radical (unpaired) electrons. The molecule has 0 bridgehead atoms. The summed E-state index contributed by atoms with van der Waals surface area (Å²) in [5, 5.41) is 3.97. The number of benzene rings is 1. The Morgan fingerprint density at radius 2 is 2.25 bits per heavy atom. The van der Waals surface area contributed by atoms with Gasteiger partial charge in [-0.3, -0.25) is 4.79 Å². The van der Waals surface area contributed by atoms with Gasteiger partial charge in [0.05, 0.1) is 11.1 Å². The molecule has 0 aliphatic heterocycles. The van der Waals surface area contributed by atoms with Crippen molar-refractivity contribution in [3.8, 4) is 0 Å². The highest BCUT2D eigenvalue weighted by Gasteiger charge is 2.35. The van der Waals surface area contributed by atoms with Gasteiger partial charge in [-0.05, 0) is 18.6 Å². The smallest absolute Gasteiger partial charge is 0.253 e.